The summed E-state index contributed by atoms with van der Waals surface area (Å²) in [4.78, 5) is 22.6. The number of esters is 1. The minimum atomic E-state index is -0.944. The normalized spacial score (nSPS) is 11.2. The highest BCUT2D eigenvalue weighted by atomic mass is 16.6. The summed E-state index contributed by atoms with van der Waals surface area (Å²) in [5, 5.41) is 9.08. The van der Waals surface area contributed by atoms with Crippen LogP contribution in [-0.4, -0.2) is 29.3 Å². The van der Waals surface area contributed by atoms with Crippen molar-refractivity contribution in [2.45, 2.75) is 65.4 Å². The highest BCUT2D eigenvalue weighted by Crippen LogP contribution is 2.21. The largest absolute Gasteiger partial charge is 0.493 e. The zero-order valence-electron chi connectivity index (χ0n) is 15.1. The molecule has 134 valence electrons. The molecular formula is C19H28O5. The molecule has 5 nitrogen and oxygen atoms in total. The quantitative estimate of drug-likeness (QED) is 0.535. The van der Waals surface area contributed by atoms with Crippen LogP contribution in [0.25, 0.3) is 0 Å². The Labute approximate surface area is 144 Å². The van der Waals surface area contributed by atoms with Crippen molar-refractivity contribution in [1.82, 2.24) is 0 Å². The molecule has 24 heavy (non-hydrogen) atoms. The van der Waals surface area contributed by atoms with Gasteiger partial charge in [0.05, 0.1) is 12.2 Å². The van der Waals surface area contributed by atoms with Gasteiger partial charge in [0.1, 0.15) is 11.4 Å². The Bertz CT molecular complexity index is 557. The van der Waals surface area contributed by atoms with Crippen LogP contribution in [0.3, 0.4) is 0 Å². The Hall–Kier alpha value is -2.04. The summed E-state index contributed by atoms with van der Waals surface area (Å²) >= 11 is 0. The summed E-state index contributed by atoms with van der Waals surface area (Å²) in [6.07, 6.45) is 4.02. The highest BCUT2D eigenvalue weighted by molar-refractivity contribution is 5.90. The minimum absolute atomic E-state index is 0.153. The first-order valence-electron chi connectivity index (χ1n) is 8.38. The van der Waals surface area contributed by atoms with Gasteiger partial charge in [0.15, 0.2) is 0 Å². The van der Waals surface area contributed by atoms with E-state index in [0.29, 0.717) is 24.3 Å². The first kappa shape index (κ1) is 20.0. The van der Waals surface area contributed by atoms with Gasteiger partial charge in [-0.15, -0.1) is 0 Å². The van der Waals surface area contributed by atoms with Crippen molar-refractivity contribution < 1.29 is 24.2 Å². The molecule has 0 aromatic heterocycles. The Morgan fingerprint density at radius 3 is 2.38 bits per heavy atom. The lowest BCUT2D eigenvalue weighted by atomic mass is 10.1. The Balaban J connectivity index is 2.20. The van der Waals surface area contributed by atoms with Crippen molar-refractivity contribution in [3.05, 3.63) is 29.3 Å². The molecule has 0 aliphatic carbocycles. The second-order valence-electron chi connectivity index (χ2n) is 6.83. The molecule has 0 aliphatic heterocycles. The van der Waals surface area contributed by atoms with Crippen molar-refractivity contribution >= 4 is 11.9 Å². The summed E-state index contributed by atoms with van der Waals surface area (Å²) < 4.78 is 10.9. The van der Waals surface area contributed by atoms with E-state index in [1.54, 1.807) is 25.1 Å². The maximum Gasteiger partial charge on any atom is 0.336 e. The summed E-state index contributed by atoms with van der Waals surface area (Å²) in [6, 6.07) is 5.04. The molecule has 1 aromatic carbocycles. The van der Waals surface area contributed by atoms with Crippen molar-refractivity contribution in [2.24, 2.45) is 0 Å². The number of carbonyl (C=O) groups is 2. The number of benzene rings is 1. The molecule has 0 spiro atoms. The molecule has 1 N–H and O–H groups in total. The fourth-order valence-electron chi connectivity index (χ4n) is 2.30. The highest BCUT2D eigenvalue weighted by Gasteiger charge is 2.15. The Morgan fingerprint density at radius 1 is 1.08 bits per heavy atom. The maximum atomic E-state index is 11.6. The number of carboxylic acid groups (broad SMARTS) is 1. The number of aromatic carboxylic acids is 1. The molecule has 0 radical (unpaired) electrons. The van der Waals surface area contributed by atoms with Gasteiger partial charge in [-0.3, -0.25) is 4.79 Å². The van der Waals surface area contributed by atoms with Gasteiger partial charge >= 0.3 is 11.9 Å². The van der Waals surface area contributed by atoms with Gasteiger partial charge in [0, 0.05) is 12.0 Å². The fraction of sp³-hybridized carbons (Fsp3) is 0.579. The predicted molar refractivity (Wildman–Crippen MR) is 92.6 cm³/mol. The standard InChI is InChI=1S/C19H28O5/c1-14-15(18(21)22)10-9-11-16(14)23-13-8-6-5-7-12-17(20)24-19(2,3)4/h9-11H,5-8,12-13H2,1-4H3,(H,21,22). The molecule has 0 unspecified atom stereocenters. The Morgan fingerprint density at radius 2 is 1.75 bits per heavy atom. The molecule has 0 fully saturated rings. The lowest BCUT2D eigenvalue weighted by molar-refractivity contribution is -0.154. The van der Waals surface area contributed by atoms with E-state index in [1.165, 1.54) is 0 Å². The van der Waals surface area contributed by atoms with E-state index in [-0.39, 0.29) is 11.5 Å². The van der Waals surface area contributed by atoms with Gasteiger partial charge in [-0.2, -0.15) is 0 Å². The SMILES string of the molecule is Cc1c(OCCCCCCC(=O)OC(C)(C)C)cccc1C(=O)O. The zero-order valence-corrected chi connectivity index (χ0v) is 15.1. The Kier molecular flexibility index (Phi) is 7.75. The van der Waals surface area contributed by atoms with Crippen LogP contribution in [0.2, 0.25) is 0 Å². The number of hydrogen-bond acceptors (Lipinski definition) is 4. The van der Waals surface area contributed by atoms with Crippen molar-refractivity contribution in [3.8, 4) is 5.75 Å². The number of ether oxygens (including phenoxy) is 2. The smallest absolute Gasteiger partial charge is 0.336 e. The molecule has 0 aliphatic rings. The lowest BCUT2D eigenvalue weighted by Crippen LogP contribution is -2.23. The number of carboxylic acids is 1. The van der Waals surface area contributed by atoms with Gasteiger partial charge < -0.3 is 14.6 Å². The monoisotopic (exact) mass is 336 g/mol. The van der Waals surface area contributed by atoms with E-state index in [0.717, 1.165) is 25.7 Å². The van der Waals surface area contributed by atoms with E-state index in [1.807, 2.05) is 20.8 Å². The number of rotatable bonds is 9. The van der Waals surface area contributed by atoms with Crippen LogP contribution in [-0.2, 0) is 9.53 Å². The van der Waals surface area contributed by atoms with E-state index in [2.05, 4.69) is 0 Å². The molecule has 5 heteroatoms. The summed E-state index contributed by atoms with van der Waals surface area (Å²) in [5.74, 6) is -0.483. The molecule has 1 aromatic rings. The zero-order chi connectivity index (χ0) is 18.2. The first-order chi connectivity index (χ1) is 11.2. The molecule has 0 atom stereocenters. The predicted octanol–water partition coefficient (Wildman–Crippen LogP) is 4.36. The van der Waals surface area contributed by atoms with E-state index < -0.39 is 11.6 Å². The average molecular weight is 336 g/mol. The molecule has 0 heterocycles. The van der Waals surface area contributed by atoms with Gasteiger partial charge in [0.2, 0.25) is 0 Å². The summed E-state index contributed by atoms with van der Waals surface area (Å²) in [7, 11) is 0. The number of carbonyl (C=O) groups excluding carboxylic acids is 1. The lowest BCUT2D eigenvalue weighted by Gasteiger charge is -2.19. The minimum Gasteiger partial charge on any atom is -0.493 e. The van der Waals surface area contributed by atoms with Crippen molar-refractivity contribution in [3.63, 3.8) is 0 Å². The van der Waals surface area contributed by atoms with Gasteiger partial charge in [-0.05, 0) is 52.7 Å². The van der Waals surface area contributed by atoms with Crippen molar-refractivity contribution in [1.29, 1.82) is 0 Å². The average Bonchev–Trinajstić information content (AvgIpc) is 2.45. The van der Waals surface area contributed by atoms with Crippen LogP contribution >= 0.6 is 0 Å². The van der Waals surface area contributed by atoms with Gasteiger partial charge in [-0.1, -0.05) is 18.9 Å². The molecule has 0 saturated carbocycles. The molecule has 0 amide bonds. The van der Waals surface area contributed by atoms with Gasteiger partial charge in [0.25, 0.3) is 0 Å². The van der Waals surface area contributed by atoms with E-state index in [4.69, 9.17) is 14.6 Å². The van der Waals surface area contributed by atoms with Crippen LogP contribution < -0.4 is 4.74 Å². The van der Waals surface area contributed by atoms with Gasteiger partial charge in [-0.25, -0.2) is 4.79 Å². The molecule has 0 bridgehead atoms. The number of unbranched alkanes of at least 4 members (excludes halogenated alkanes) is 3. The van der Waals surface area contributed by atoms with Crippen molar-refractivity contribution in [2.75, 3.05) is 6.61 Å². The van der Waals surface area contributed by atoms with Crippen LogP contribution in [0.15, 0.2) is 18.2 Å². The van der Waals surface area contributed by atoms with Crippen LogP contribution in [0.4, 0.5) is 0 Å². The third-order valence-electron chi connectivity index (χ3n) is 3.47. The van der Waals surface area contributed by atoms with Crippen LogP contribution in [0.5, 0.6) is 5.75 Å². The first-order valence-corrected chi connectivity index (χ1v) is 8.38. The van der Waals surface area contributed by atoms with E-state index >= 15 is 0 Å². The second kappa shape index (κ2) is 9.30. The molecule has 0 saturated heterocycles. The topological polar surface area (TPSA) is 72.8 Å². The second-order valence-corrected chi connectivity index (χ2v) is 6.83. The summed E-state index contributed by atoms with van der Waals surface area (Å²) in [6.45, 7) is 7.88. The fourth-order valence-corrected chi connectivity index (χ4v) is 2.30. The third-order valence-corrected chi connectivity index (χ3v) is 3.47. The summed E-state index contributed by atoms with van der Waals surface area (Å²) in [5.41, 5.74) is 0.493. The van der Waals surface area contributed by atoms with Crippen LogP contribution in [0, 0.1) is 6.92 Å². The number of hydrogen-bond donors (Lipinski definition) is 1. The maximum absolute atomic E-state index is 11.6. The van der Waals surface area contributed by atoms with E-state index in [9.17, 15) is 9.59 Å². The van der Waals surface area contributed by atoms with Crippen LogP contribution in [0.1, 0.15) is 68.8 Å². The third kappa shape index (κ3) is 7.49. The molecular weight excluding hydrogens is 308 g/mol. The molecule has 1 rings (SSSR count).